The van der Waals surface area contributed by atoms with E-state index in [1.807, 2.05) is 13.0 Å². The minimum absolute atomic E-state index is 0.0763. The highest BCUT2D eigenvalue weighted by molar-refractivity contribution is 5.91. The summed E-state index contributed by atoms with van der Waals surface area (Å²) in [5.41, 5.74) is 10.6. The van der Waals surface area contributed by atoms with E-state index >= 15 is 0 Å². The quantitative estimate of drug-likeness (QED) is 0.742. The lowest BCUT2D eigenvalue weighted by Gasteiger charge is -2.41. The van der Waals surface area contributed by atoms with Crippen LogP contribution in [0.4, 0.5) is 4.39 Å². The summed E-state index contributed by atoms with van der Waals surface area (Å²) in [6, 6.07) is 3.18. The smallest absolute Gasteiger partial charge is 0.343 e. The van der Waals surface area contributed by atoms with Crippen LogP contribution in [-0.2, 0) is 22.6 Å². The lowest BCUT2D eigenvalue weighted by atomic mass is 9.80. The first kappa shape index (κ1) is 19.2. The molecule has 0 saturated heterocycles. The van der Waals surface area contributed by atoms with Gasteiger partial charge < -0.3 is 20.5 Å². The van der Waals surface area contributed by atoms with Crippen molar-refractivity contribution in [2.45, 2.75) is 51.9 Å². The van der Waals surface area contributed by atoms with Gasteiger partial charge >= 0.3 is 5.97 Å². The van der Waals surface area contributed by atoms with Crippen LogP contribution in [-0.4, -0.2) is 39.2 Å². The Morgan fingerprint density at radius 1 is 1.43 bits per heavy atom. The summed E-state index contributed by atoms with van der Waals surface area (Å²) < 4.78 is 19.6. The minimum atomic E-state index is -1.67. The number of carbonyl (C=O) groups excluding carboxylic acids is 1. The number of halogens is 1. The van der Waals surface area contributed by atoms with Crippen molar-refractivity contribution in [1.82, 2.24) is 9.88 Å². The predicted molar refractivity (Wildman–Crippen MR) is 111 cm³/mol. The van der Waals surface area contributed by atoms with Gasteiger partial charge in [0.25, 0.3) is 0 Å². The molecule has 1 aromatic carbocycles. The summed E-state index contributed by atoms with van der Waals surface area (Å²) in [4.78, 5) is 19.3. The highest BCUT2D eigenvalue weighted by Gasteiger charge is 2.48. The van der Waals surface area contributed by atoms with Crippen molar-refractivity contribution >= 4 is 22.6 Å². The van der Waals surface area contributed by atoms with E-state index in [1.54, 1.807) is 19.9 Å². The molecule has 3 N–H and O–H groups in total. The maximum atomic E-state index is 14.3. The molecule has 0 radical (unpaired) electrons. The number of carbonyl (C=O) groups is 1. The Hall–Kier alpha value is -2.77. The average Bonchev–Trinajstić information content (AvgIpc) is 3.09. The van der Waals surface area contributed by atoms with Crippen LogP contribution >= 0.6 is 0 Å². The van der Waals surface area contributed by atoms with Crippen molar-refractivity contribution in [3.8, 4) is 0 Å². The molecule has 0 amide bonds. The van der Waals surface area contributed by atoms with E-state index in [0.717, 1.165) is 33.5 Å². The van der Waals surface area contributed by atoms with E-state index in [1.165, 1.54) is 6.07 Å². The number of hydrogen-bond acceptors (Lipinski definition) is 6. The van der Waals surface area contributed by atoms with E-state index < -0.39 is 11.6 Å². The number of esters is 1. The fourth-order valence-corrected chi connectivity index (χ4v) is 4.94. The number of aliphatic hydroxyl groups is 1. The molecule has 1 aromatic heterocycles. The second-order valence-electron chi connectivity index (χ2n) is 8.30. The predicted octanol–water partition coefficient (Wildman–Crippen LogP) is 2.69. The van der Waals surface area contributed by atoms with Gasteiger partial charge in [0.1, 0.15) is 12.4 Å². The van der Waals surface area contributed by atoms with Gasteiger partial charge in [-0.1, -0.05) is 6.92 Å². The summed E-state index contributed by atoms with van der Waals surface area (Å²) in [6.45, 7) is 6.63. The first-order valence-electron chi connectivity index (χ1n) is 10.2. The number of hydrogen-bond donors (Lipinski definition) is 2. The van der Waals surface area contributed by atoms with Crippen LogP contribution < -0.4 is 5.73 Å². The molecule has 5 rings (SSSR count). The molecule has 7 heteroatoms. The molecule has 3 aliphatic heterocycles. The van der Waals surface area contributed by atoms with Crippen molar-refractivity contribution in [2.24, 2.45) is 5.73 Å². The van der Waals surface area contributed by atoms with Gasteiger partial charge in [-0.15, -0.1) is 0 Å². The zero-order valence-electron chi connectivity index (χ0n) is 17.3. The van der Waals surface area contributed by atoms with Gasteiger partial charge in [-0.25, -0.2) is 14.2 Å². The highest BCUT2D eigenvalue weighted by atomic mass is 19.1. The largest absolute Gasteiger partial charge is 0.459 e. The fourth-order valence-electron chi connectivity index (χ4n) is 4.94. The molecule has 0 fully saturated rings. The first-order chi connectivity index (χ1) is 14.3. The molecule has 3 aliphatic rings. The van der Waals surface area contributed by atoms with Crippen LogP contribution in [0.5, 0.6) is 0 Å². The van der Waals surface area contributed by atoms with E-state index in [-0.39, 0.29) is 24.9 Å². The maximum absolute atomic E-state index is 14.3. The van der Waals surface area contributed by atoms with Gasteiger partial charge in [0.2, 0.25) is 0 Å². The Kier molecular flexibility index (Phi) is 4.07. The number of nitrogens with two attached hydrogens (primary N) is 1. The first-order valence-corrected chi connectivity index (χ1v) is 10.2. The molecule has 6 nitrogen and oxygen atoms in total. The SMILES string of the molecule is CC[C@@]1(O)C(=O)OCC2=C1C=C1c3nc4cc(F)c(C)cc4c(CN)c3CN1C2C. The topological polar surface area (TPSA) is 88.7 Å². The zero-order valence-corrected chi connectivity index (χ0v) is 17.3. The number of fused-ring (bicyclic) bond motifs is 4. The van der Waals surface area contributed by atoms with Gasteiger partial charge in [-0.2, -0.15) is 0 Å². The van der Waals surface area contributed by atoms with Crippen LogP contribution in [0.15, 0.2) is 29.4 Å². The molecule has 4 heterocycles. The normalized spacial score (nSPS) is 25.1. The molecule has 0 saturated carbocycles. The third kappa shape index (κ3) is 2.36. The van der Waals surface area contributed by atoms with Gasteiger partial charge in [0.05, 0.1) is 22.9 Å². The van der Waals surface area contributed by atoms with Crippen molar-refractivity contribution in [3.63, 3.8) is 0 Å². The number of aryl methyl sites for hydroxylation is 1. The molecule has 0 spiro atoms. The summed E-state index contributed by atoms with van der Waals surface area (Å²) in [6.07, 6.45) is 2.08. The molecule has 1 unspecified atom stereocenters. The van der Waals surface area contributed by atoms with E-state index in [4.69, 9.17) is 15.5 Å². The Morgan fingerprint density at radius 2 is 2.20 bits per heavy atom. The van der Waals surface area contributed by atoms with Crippen molar-refractivity contribution in [1.29, 1.82) is 0 Å². The molecule has 2 aromatic rings. The average molecular weight is 409 g/mol. The number of benzene rings is 1. The molecule has 0 aliphatic carbocycles. The number of pyridine rings is 1. The zero-order chi connectivity index (χ0) is 21.4. The molecule has 30 heavy (non-hydrogen) atoms. The van der Waals surface area contributed by atoms with Gasteiger partial charge in [0, 0.05) is 35.7 Å². The van der Waals surface area contributed by atoms with E-state index in [0.29, 0.717) is 29.7 Å². The third-order valence-electron chi connectivity index (χ3n) is 6.82. The lowest BCUT2D eigenvalue weighted by Crippen LogP contribution is -2.49. The Morgan fingerprint density at radius 3 is 2.90 bits per heavy atom. The minimum Gasteiger partial charge on any atom is -0.459 e. The summed E-state index contributed by atoms with van der Waals surface area (Å²) in [5.74, 6) is -0.926. The lowest BCUT2D eigenvalue weighted by molar-refractivity contribution is -0.163. The van der Waals surface area contributed by atoms with Crippen LogP contribution in [0.25, 0.3) is 16.6 Å². The van der Waals surface area contributed by atoms with Crippen LogP contribution in [0, 0.1) is 12.7 Å². The van der Waals surface area contributed by atoms with Crippen molar-refractivity contribution in [2.75, 3.05) is 6.61 Å². The van der Waals surface area contributed by atoms with Crippen LogP contribution in [0.3, 0.4) is 0 Å². The van der Waals surface area contributed by atoms with Gasteiger partial charge in [-0.05, 0) is 49.1 Å². The molecule has 2 atom stereocenters. The number of ether oxygens (including phenoxy) is 1. The molecular formula is C23H24FN3O3. The third-order valence-corrected chi connectivity index (χ3v) is 6.82. The second-order valence-corrected chi connectivity index (χ2v) is 8.30. The van der Waals surface area contributed by atoms with Crippen molar-refractivity contribution in [3.05, 3.63) is 57.6 Å². The molecule has 0 bridgehead atoms. The van der Waals surface area contributed by atoms with Crippen LogP contribution in [0.2, 0.25) is 0 Å². The number of nitrogens with zero attached hydrogens (tertiary/aromatic N) is 2. The van der Waals surface area contributed by atoms with Gasteiger partial charge in [-0.3, -0.25) is 0 Å². The summed E-state index contributed by atoms with van der Waals surface area (Å²) in [7, 11) is 0. The summed E-state index contributed by atoms with van der Waals surface area (Å²) >= 11 is 0. The Bertz CT molecular complexity index is 1190. The van der Waals surface area contributed by atoms with Crippen molar-refractivity contribution < 1.29 is 19.0 Å². The molecular weight excluding hydrogens is 385 g/mol. The maximum Gasteiger partial charge on any atom is 0.343 e. The standard InChI is InChI=1S/C23H24FN3O3/c1-4-23(29)17-6-20-21-15(9-27(20)12(3)16(17)10-30-22(23)28)14(8-25)13-5-11(2)18(24)7-19(13)26-21/h5-7,12,29H,4,8-10,25H2,1-3H3/t12?,23-/m0/s1. The van der Waals surface area contributed by atoms with E-state index in [2.05, 4.69) is 4.90 Å². The van der Waals surface area contributed by atoms with Crippen LogP contribution in [0.1, 0.15) is 42.7 Å². The van der Waals surface area contributed by atoms with Gasteiger partial charge in [0.15, 0.2) is 5.60 Å². The summed E-state index contributed by atoms with van der Waals surface area (Å²) in [5, 5.41) is 11.9. The monoisotopic (exact) mass is 409 g/mol. The molecule has 156 valence electrons. The Balaban J connectivity index is 1.76. The number of aromatic nitrogens is 1. The Labute approximate surface area is 173 Å². The second kappa shape index (κ2) is 6.36. The number of rotatable bonds is 2. The number of cyclic esters (lactones) is 1. The fraction of sp³-hybridized carbons (Fsp3) is 0.391. The van der Waals surface area contributed by atoms with E-state index in [9.17, 15) is 14.3 Å². The highest BCUT2D eigenvalue weighted by Crippen LogP contribution is 2.46.